The van der Waals surface area contributed by atoms with Crippen LogP contribution in [0.3, 0.4) is 0 Å². The van der Waals surface area contributed by atoms with Crippen LogP contribution in [-0.4, -0.2) is 5.25 Å². The van der Waals surface area contributed by atoms with Gasteiger partial charge in [-0.1, -0.05) is 46.9 Å². The predicted molar refractivity (Wildman–Crippen MR) is 76.9 cm³/mol. The highest BCUT2D eigenvalue weighted by Crippen LogP contribution is 2.58. The van der Waals surface area contributed by atoms with Crippen molar-refractivity contribution in [3.63, 3.8) is 0 Å². The first-order valence-corrected chi connectivity index (χ1v) is 8.75. The van der Waals surface area contributed by atoms with Crippen LogP contribution in [-0.2, 0) is 6.42 Å². The zero-order valence-electron chi connectivity index (χ0n) is 8.71. The maximum Gasteiger partial charge on any atom is 0.289 e. The highest BCUT2D eigenvalue weighted by Gasteiger charge is 2.38. The van der Waals surface area contributed by atoms with Gasteiger partial charge in [-0.3, -0.25) is 4.79 Å². The fourth-order valence-electron chi connectivity index (χ4n) is 2.42. The smallest absolute Gasteiger partial charge is 0.265 e. The van der Waals surface area contributed by atoms with Crippen molar-refractivity contribution < 1.29 is 0 Å². The number of hydrogen-bond acceptors (Lipinski definition) is 5. The Balaban J connectivity index is 1.81. The van der Waals surface area contributed by atoms with Gasteiger partial charge in [0.2, 0.25) is 0 Å². The molecule has 86 valence electrons. The lowest BCUT2D eigenvalue weighted by atomic mass is 10.1. The quantitative estimate of drug-likeness (QED) is 0.730. The number of benzene rings is 1. The summed E-state index contributed by atoms with van der Waals surface area (Å²) in [5, 5.41) is 1.17. The molecule has 1 aromatic carbocycles. The zero-order chi connectivity index (χ0) is 11.4. The molecule has 0 radical (unpaired) electrons. The van der Waals surface area contributed by atoms with Crippen LogP contribution in [0, 0.1) is 0 Å². The lowest BCUT2D eigenvalue weighted by molar-refractivity contribution is 0.906. The highest BCUT2D eigenvalue weighted by molar-refractivity contribution is 8.08. The third-order valence-corrected chi connectivity index (χ3v) is 8.92. The van der Waals surface area contributed by atoms with Gasteiger partial charge in [0, 0.05) is 10.5 Å². The van der Waals surface area contributed by atoms with Crippen molar-refractivity contribution in [2.24, 2.45) is 0 Å². The molecule has 0 N–H and O–H groups in total. The molecule has 1 nitrogen and oxygen atoms in total. The van der Waals surface area contributed by atoms with Crippen molar-refractivity contribution in [1.82, 2.24) is 0 Å². The van der Waals surface area contributed by atoms with Gasteiger partial charge in [-0.05, 0) is 17.5 Å². The van der Waals surface area contributed by atoms with Crippen molar-refractivity contribution in [2.45, 2.75) is 25.3 Å². The minimum absolute atomic E-state index is 0.239. The Morgan fingerprint density at radius 2 is 1.82 bits per heavy atom. The van der Waals surface area contributed by atoms with E-state index in [0.717, 1.165) is 6.42 Å². The van der Waals surface area contributed by atoms with Gasteiger partial charge < -0.3 is 0 Å². The number of fused-ring (bicyclic) bond motifs is 4. The van der Waals surface area contributed by atoms with Gasteiger partial charge in [0.15, 0.2) is 0 Å². The summed E-state index contributed by atoms with van der Waals surface area (Å²) in [6, 6.07) is 8.73. The fourth-order valence-corrected chi connectivity index (χ4v) is 8.64. The Morgan fingerprint density at radius 3 is 2.71 bits per heavy atom. The summed E-state index contributed by atoms with van der Waals surface area (Å²) in [5.41, 5.74) is 2.97. The molecule has 2 aromatic rings. The van der Waals surface area contributed by atoms with Gasteiger partial charge in [-0.25, -0.2) is 0 Å². The van der Waals surface area contributed by atoms with Crippen molar-refractivity contribution >= 4 is 46.2 Å². The second-order valence-electron chi connectivity index (χ2n) is 4.13. The van der Waals surface area contributed by atoms with Crippen LogP contribution < -0.4 is 4.06 Å². The van der Waals surface area contributed by atoms with E-state index in [9.17, 15) is 4.79 Å². The van der Waals surface area contributed by atoms with Crippen molar-refractivity contribution in [3.05, 3.63) is 44.2 Å². The molecule has 0 spiro atoms. The van der Waals surface area contributed by atoms with E-state index < -0.39 is 0 Å². The van der Waals surface area contributed by atoms with Gasteiger partial charge in [0.05, 0.1) is 8.42 Å². The largest absolute Gasteiger partial charge is 0.289 e. The summed E-state index contributed by atoms with van der Waals surface area (Å²) in [5.74, 6) is 0. The van der Waals surface area contributed by atoms with Gasteiger partial charge >= 0.3 is 0 Å². The molecule has 0 fully saturated rings. The number of hydrogen-bond donors (Lipinski definition) is 0. The van der Waals surface area contributed by atoms with Crippen LogP contribution >= 0.6 is 46.2 Å². The SMILES string of the molecule is O=c1sc2c(s1)S[C@@H]1Cc3ccccc3[C@H]1S2. The lowest BCUT2D eigenvalue weighted by Crippen LogP contribution is -2.09. The van der Waals surface area contributed by atoms with Gasteiger partial charge in [0.1, 0.15) is 0 Å². The maximum absolute atomic E-state index is 11.4. The molecule has 1 aliphatic carbocycles. The van der Waals surface area contributed by atoms with E-state index >= 15 is 0 Å². The Kier molecular flexibility index (Phi) is 2.44. The average Bonchev–Trinajstić information content (AvgIpc) is 2.84. The lowest BCUT2D eigenvalue weighted by Gasteiger charge is -2.23. The molecule has 2 atom stereocenters. The van der Waals surface area contributed by atoms with E-state index in [1.807, 2.05) is 23.5 Å². The van der Waals surface area contributed by atoms with E-state index in [-0.39, 0.29) is 4.06 Å². The molecule has 0 unspecified atom stereocenters. The van der Waals surface area contributed by atoms with Crippen molar-refractivity contribution in [3.8, 4) is 0 Å². The van der Waals surface area contributed by atoms with E-state index in [0.29, 0.717) is 10.5 Å². The van der Waals surface area contributed by atoms with Crippen LogP contribution in [0.25, 0.3) is 0 Å². The van der Waals surface area contributed by atoms with Crippen molar-refractivity contribution in [1.29, 1.82) is 0 Å². The van der Waals surface area contributed by atoms with E-state index in [2.05, 4.69) is 24.3 Å². The molecule has 4 rings (SSSR count). The van der Waals surface area contributed by atoms with Crippen LogP contribution in [0.4, 0.5) is 0 Å². The molecule has 1 aromatic heterocycles. The molecular formula is C12H8OS4. The minimum Gasteiger partial charge on any atom is -0.265 e. The highest BCUT2D eigenvalue weighted by atomic mass is 32.2. The van der Waals surface area contributed by atoms with E-state index in [1.165, 1.54) is 42.2 Å². The summed E-state index contributed by atoms with van der Waals surface area (Å²) in [7, 11) is 0. The van der Waals surface area contributed by atoms with Crippen LogP contribution in [0.5, 0.6) is 0 Å². The Hall–Kier alpha value is -0.230. The topological polar surface area (TPSA) is 17.1 Å². The summed E-state index contributed by atoms with van der Waals surface area (Å²) >= 11 is 6.65. The third kappa shape index (κ3) is 1.63. The molecule has 0 amide bonds. The van der Waals surface area contributed by atoms with Gasteiger partial charge in [-0.15, -0.1) is 23.5 Å². The second-order valence-corrected chi connectivity index (χ2v) is 9.27. The summed E-state index contributed by atoms with van der Waals surface area (Å²) < 4.78 is 2.73. The Bertz CT molecular complexity index is 642. The molecule has 1 aliphatic heterocycles. The molecule has 0 saturated heterocycles. The minimum atomic E-state index is 0.239. The third-order valence-electron chi connectivity index (χ3n) is 3.13. The number of rotatable bonds is 0. The standard InChI is InChI=1S/C12H8OS4/c13-12-16-10-11(17-12)15-9-7-4-2-1-3-6(7)5-8(9)14-10/h1-4,8-9H,5H2/t8-,9-/m1/s1. The average molecular weight is 296 g/mol. The van der Waals surface area contributed by atoms with Crippen LogP contribution in [0.2, 0.25) is 0 Å². The molecular weight excluding hydrogens is 288 g/mol. The normalized spacial score (nSPS) is 25.2. The zero-order valence-corrected chi connectivity index (χ0v) is 12.0. The summed E-state index contributed by atoms with van der Waals surface area (Å²) in [4.78, 5) is 11.4. The summed E-state index contributed by atoms with van der Waals surface area (Å²) in [6.07, 6.45) is 1.15. The Morgan fingerprint density at radius 1 is 1.06 bits per heavy atom. The molecule has 2 heterocycles. The van der Waals surface area contributed by atoms with Gasteiger partial charge in [0.25, 0.3) is 4.06 Å². The first kappa shape index (κ1) is 10.7. The van der Waals surface area contributed by atoms with E-state index in [1.54, 1.807) is 0 Å². The Labute approximate surface area is 115 Å². The first-order chi connectivity index (χ1) is 8.31. The maximum atomic E-state index is 11.4. The van der Waals surface area contributed by atoms with Gasteiger partial charge in [-0.2, -0.15) is 0 Å². The van der Waals surface area contributed by atoms with Crippen LogP contribution in [0.1, 0.15) is 16.4 Å². The van der Waals surface area contributed by atoms with Crippen molar-refractivity contribution in [2.75, 3.05) is 0 Å². The predicted octanol–water partition coefficient (Wildman–Crippen LogP) is 4.03. The monoisotopic (exact) mass is 296 g/mol. The second kappa shape index (κ2) is 3.88. The molecule has 0 saturated carbocycles. The molecule has 2 aliphatic rings. The number of thioether (sulfide) groups is 2. The first-order valence-electron chi connectivity index (χ1n) is 5.36. The summed E-state index contributed by atoms with van der Waals surface area (Å²) in [6.45, 7) is 0. The molecule has 17 heavy (non-hydrogen) atoms. The molecule has 0 bridgehead atoms. The van der Waals surface area contributed by atoms with E-state index in [4.69, 9.17) is 0 Å². The molecule has 5 heteroatoms. The fraction of sp³-hybridized carbons (Fsp3) is 0.250. The van der Waals surface area contributed by atoms with Crippen LogP contribution in [0.15, 0.2) is 37.5 Å².